The average molecular weight is 360 g/mol. The van der Waals surface area contributed by atoms with E-state index in [4.69, 9.17) is 4.42 Å². The second-order valence-electron chi connectivity index (χ2n) is 6.89. The highest BCUT2D eigenvalue weighted by molar-refractivity contribution is 5.75. The Labute approximate surface area is 159 Å². The van der Waals surface area contributed by atoms with Gasteiger partial charge in [0.05, 0.1) is 12.5 Å². The van der Waals surface area contributed by atoms with Crippen molar-refractivity contribution in [2.24, 2.45) is 0 Å². The van der Waals surface area contributed by atoms with Crippen LogP contribution in [-0.2, 0) is 11.3 Å². The van der Waals surface area contributed by atoms with Gasteiger partial charge in [-0.05, 0) is 44.6 Å². The number of unbranched alkanes of at least 4 members (excludes halogenated alkanes) is 8. The maximum Gasteiger partial charge on any atom is 0.220 e. The van der Waals surface area contributed by atoms with Crippen molar-refractivity contribution in [3.63, 3.8) is 0 Å². The van der Waals surface area contributed by atoms with E-state index in [2.05, 4.69) is 36.5 Å². The molecule has 1 heterocycles. The minimum atomic E-state index is 0.136. The van der Waals surface area contributed by atoms with Crippen molar-refractivity contribution in [1.29, 1.82) is 0 Å². The summed E-state index contributed by atoms with van der Waals surface area (Å²) in [5.41, 5.74) is 1.01. The van der Waals surface area contributed by atoms with E-state index in [0.29, 0.717) is 13.0 Å². The highest BCUT2D eigenvalue weighted by atomic mass is 16.3. The van der Waals surface area contributed by atoms with Crippen molar-refractivity contribution >= 4 is 5.91 Å². The van der Waals surface area contributed by atoms with E-state index >= 15 is 0 Å². The molecule has 3 heteroatoms. The number of carbonyl (C=O) groups is 1. The maximum absolute atomic E-state index is 11.7. The largest absolute Gasteiger partial charge is 0.472 e. The molecule has 0 fully saturated rings. The van der Waals surface area contributed by atoms with Gasteiger partial charge in [-0.25, -0.2) is 0 Å². The Bertz CT molecular complexity index is 488. The molecule has 1 aromatic rings. The van der Waals surface area contributed by atoms with Gasteiger partial charge >= 0.3 is 0 Å². The summed E-state index contributed by atoms with van der Waals surface area (Å²) in [6, 6.07) is 1.87. The van der Waals surface area contributed by atoms with Gasteiger partial charge in [-0.3, -0.25) is 4.79 Å². The summed E-state index contributed by atoms with van der Waals surface area (Å²) in [7, 11) is 0. The van der Waals surface area contributed by atoms with Gasteiger partial charge in [0.1, 0.15) is 0 Å². The molecule has 26 heavy (non-hydrogen) atoms. The normalized spacial score (nSPS) is 11.6. The summed E-state index contributed by atoms with van der Waals surface area (Å²) < 4.78 is 4.98. The Morgan fingerprint density at radius 3 is 2.35 bits per heavy atom. The minimum absolute atomic E-state index is 0.136. The van der Waals surface area contributed by atoms with E-state index < -0.39 is 0 Å². The van der Waals surface area contributed by atoms with E-state index in [1.807, 2.05) is 6.07 Å². The Morgan fingerprint density at radius 2 is 1.65 bits per heavy atom. The fourth-order valence-corrected chi connectivity index (χ4v) is 2.78. The van der Waals surface area contributed by atoms with E-state index in [9.17, 15) is 4.79 Å². The molecule has 0 saturated carbocycles. The van der Waals surface area contributed by atoms with Gasteiger partial charge in [0, 0.05) is 18.5 Å². The predicted octanol–water partition coefficient (Wildman–Crippen LogP) is 6.71. The first-order valence-corrected chi connectivity index (χ1v) is 10.4. The molecule has 0 aliphatic carbocycles. The molecule has 0 unspecified atom stereocenters. The number of furan rings is 1. The van der Waals surface area contributed by atoms with Gasteiger partial charge in [-0.15, -0.1) is 0 Å². The van der Waals surface area contributed by atoms with Crippen LogP contribution in [0.15, 0.2) is 47.3 Å². The van der Waals surface area contributed by atoms with Crippen LogP contribution in [-0.4, -0.2) is 5.91 Å². The lowest BCUT2D eigenvalue weighted by molar-refractivity contribution is -0.121. The molecule has 0 radical (unpaired) electrons. The van der Waals surface area contributed by atoms with Gasteiger partial charge < -0.3 is 9.73 Å². The fraction of sp³-hybridized carbons (Fsp3) is 0.609. The van der Waals surface area contributed by atoms with Crippen LogP contribution < -0.4 is 5.32 Å². The number of rotatable bonds is 16. The van der Waals surface area contributed by atoms with E-state index in [1.165, 1.54) is 51.4 Å². The molecule has 0 aliphatic rings. The quantitative estimate of drug-likeness (QED) is 0.263. The third kappa shape index (κ3) is 13.5. The van der Waals surface area contributed by atoms with Crippen LogP contribution in [0.1, 0.15) is 89.5 Å². The van der Waals surface area contributed by atoms with Crippen molar-refractivity contribution in [3.8, 4) is 0 Å². The smallest absolute Gasteiger partial charge is 0.220 e. The second-order valence-corrected chi connectivity index (χ2v) is 6.89. The van der Waals surface area contributed by atoms with Gasteiger partial charge in [0.2, 0.25) is 5.91 Å². The Morgan fingerprint density at radius 1 is 0.962 bits per heavy atom. The first-order chi connectivity index (χ1) is 12.8. The topological polar surface area (TPSA) is 42.2 Å². The average Bonchev–Trinajstić information content (AvgIpc) is 3.17. The molecule has 0 spiro atoms. The summed E-state index contributed by atoms with van der Waals surface area (Å²) in [6.07, 6.45) is 26.4. The third-order valence-electron chi connectivity index (χ3n) is 4.42. The Kier molecular flexibility index (Phi) is 14.3. The van der Waals surface area contributed by atoms with E-state index in [0.717, 1.165) is 24.8 Å². The molecular formula is C23H37NO2. The lowest BCUT2D eigenvalue weighted by atomic mass is 10.1. The molecule has 1 N–H and O–H groups in total. The van der Waals surface area contributed by atoms with E-state index in [1.54, 1.807) is 12.5 Å². The molecular weight excluding hydrogens is 322 g/mol. The summed E-state index contributed by atoms with van der Waals surface area (Å²) in [4.78, 5) is 11.7. The van der Waals surface area contributed by atoms with Crippen molar-refractivity contribution in [3.05, 3.63) is 48.5 Å². The summed E-state index contributed by atoms with van der Waals surface area (Å²) in [5.74, 6) is 0.136. The second kappa shape index (κ2) is 16.7. The molecule has 3 nitrogen and oxygen atoms in total. The van der Waals surface area contributed by atoms with Crippen LogP contribution in [0.4, 0.5) is 0 Å². The summed E-state index contributed by atoms with van der Waals surface area (Å²) in [6.45, 7) is 2.81. The molecule has 0 aromatic carbocycles. The van der Waals surface area contributed by atoms with Crippen LogP contribution in [0, 0.1) is 0 Å². The van der Waals surface area contributed by atoms with Crippen molar-refractivity contribution in [2.45, 2.75) is 90.5 Å². The van der Waals surface area contributed by atoms with Crippen LogP contribution in [0.5, 0.6) is 0 Å². The number of hydrogen-bond donors (Lipinski definition) is 1. The molecule has 0 aliphatic heterocycles. The monoisotopic (exact) mass is 359 g/mol. The summed E-state index contributed by atoms with van der Waals surface area (Å²) in [5, 5.41) is 2.92. The van der Waals surface area contributed by atoms with Gasteiger partial charge in [0.15, 0.2) is 0 Å². The maximum atomic E-state index is 11.7. The summed E-state index contributed by atoms with van der Waals surface area (Å²) >= 11 is 0. The van der Waals surface area contributed by atoms with Crippen LogP contribution >= 0.6 is 0 Å². The predicted molar refractivity (Wildman–Crippen MR) is 110 cm³/mol. The zero-order valence-corrected chi connectivity index (χ0v) is 16.6. The van der Waals surface area contributed by atoms with Crippen molar-refractivity contribution in [1.82, 2.24) is 5.32 Å². The number of allylic oxidation sites excluding steroid dienone is 4. The lowest BCUT2D eigenvalue weighted by Gasteiger charge is -2.03. The zero-order chi connectivity index (χ0) is 18.7. The molecule has 1 rings (SSSR count). The van der Waals surface area contributed by atoms with Crippen LogP contribution in [0.2, 0.25) is 0 Å². The minimum Gasteiger partial charge on any atom is -0.472 e. The number of carbonyl (C=O) groups excluding carboxylic acids is 1. The SMILES string of the molecule is CCCCC/C=C\C/C=C\CCCCCCCC(=O)NCc1ccoc1. The number of amides is 1. The first kappa shape index (κ1) is 22.3. The molecule has 146 valence electrons. The van der Waals surface area contributed by atoms with E-state index in [-0.39, 0.29) is 5.91 Å². The van der Waals surface area contributed by atoms with Gasteiger partial charge in [0.25, 0.3) is 0 Å². The highest BCUT2D eigenvalue weighted by Crippen LogP contribution is 2.08. The number of nitrogens with one attached hydrogen (secondary N) is 1. The Hall–Kier alpha value is -1.77. The van der Waals surface area contributed by atoms with Crippen molar-refractivity contribution in [2.75, 3.05) is 0 Å². The zero-order valence-electron chi connectivity index (χ0n) is 16.6. The van der Waals surface area contributed by atoms with Gasteiger partial charge in [-0.1, -0.05) is 63.3 Å². The molecule has 0 bridgehead atoms. The molecule has 0 atom stereocenters. The van der Waals surface area contributed by atoms with Crippen molar-refractivity contribution < 1.29 is 9.21 Å². The van der Waals surface area contributed by atoms with Crippen LogP contribution in [0.3, 0.4) is 0 Å². The number of hydrogen-bond acceptors (Lipinski definition) is 2. The lowest BCUT2D eigenvalue weighted by Crippen LogP contribution is -2.21. The van der Waals surface area contributed by atoms with Crippen LogP contribution in [0.25, 0.3) is 0 Å². The molecule has 1 aromatic heterocycles. The highest BCUT2D eigenvalue weighted by Gasteiger charge is 2.01. The third-order valence-corrected chi connectivity index (χ3v) is 4.42. The Balaban J connectivity index is 1.82. The molecule has 1 amide bonds. The first-order valence-electron chi connectivity index (χ1n) is 10.4. The van der Waals surface area contributed by atoms with Gasteiger partial charge in [-0.2, -0.15) is 0 Å². The molecule has 0 saturated heterocycles. The standard InChI is InChI=1S/C23H37NO2/c1-2-3-4-5-6-7-8-9-10-11-12-13-14-15-16-17-23(25)24-20-22-18-19-26-21-22/h6-7,9-10,18-19,21H,2-5,8,11-17,20H2,1H3,(H,24,25)/b7-6-,10-9-. The fourth-order valence-electron chi connectivity index (χ4n) is 2.78.